The molecule has 3 atom stereocenters. The van der Waals surface area contributed by atoms with Gasteiger partial charge in [0.15, 0.2) is 0 Å². The van der Waals surface area contributed by atoms with Crippen molar-refractivity contribution in [1.82, 2.24) is 0 Å². The minimum atomic E-state index is -0.197. The van der Waals surface area contributed by atoms with Gasteiger partial charge in [0.25, 0.3) is 0 Å². The van der Waals surface area contributed by atoms with Crippen LogP contribution in [0, 0.1) is 0 Å². The maximum atomic E-state index is 10.7. The minimum Gasteiger partial charge on any atom is -1.00 e. The summed E-state index contributed by atoms with van der Waals surface area (Å²) in [5, 5.41) is 0. The SMILES string of the molecule is CCC(P)(P)CC(=O)OP.[H-].[K+]. The Balaban J connectivity index is -0.000000405. The molecule has 0 saturated heterocycles. The van der Waals surface area contributed by atoms with Gasteiger partial charge < -0.3 is 5.95 Å². The molecule has 0 radical (unpaired) electrons. The summed E-state index contributed by atoms with van der Waals surface area (Å²) in [7, 11) is 7.19. The molecule has 0 aromatic rings. The second-order valence-electron chi connectivity index (χ2n) is 2.25. The van der Waals surface area contributed by atoms with Gasteiger partial charge in [-0.3, -0.25) is 4.79 Å². The predicted molar refractivity (Wildman–Crippen MR) is 54.0 cm³/mol. The number of hydrogen-bond donors (Lipinski definition) is 0. The van der Waals surface area contributed by atoms with Gasteiger partial charge >= 0.3 is 57.4 Å². The number of rotatable bonds is 3. The zero-order valence-corrected chi connectivity index (χ0v) is 13.5. The first-order chi connectivity index (χ1) is 4.52. The first kappa shape index (κ1) is 15.9. The Bertz CT molecular complexity index is 134. The van der Waals surface area contributed by atoms with E-state index in [0.717, 1.165) is 6.42 Å². The molecule has 0 rings (SSSR count). The molecule has 0 aromatic heterocycles. The zero-order valence-electron chi connectivity index (χ0n) is 7.96. The van der Waals surface area contributed by atoms with Crippen LogP contribution in [0.4, 0.5) is 0 Å². The molecule has 6 heteroatoms. The molecule has 62 valence electrons. The van der Waals surface area contributed by atoms with E-state index in [9.17, 15) is 4.79 Å². The molecule has 0 aromatic carbocycles. The van der Waals surface area contributed by atoms with E-state index >= 15 is 0 Å². The quantitative estimate of drug-likeness (QED) is 0.450. The van der Waals surface area contributed by atoms with E-state index in [2.05, 4.69) is 23.0 Å². The Hall–Kier alpha value is 2.40. The Morgan fingerprint density at radius 2 is 2.09 bits per heavy atom. The summed E-state index contributed by atoms with van der Waals surface area (Å²) in [5.41, 5.74) is 0. The zero-order chi connectivity index (χ0) is 8.20. The van der Waals surface area contributed by atoms with Crippen molar-refractivity contribution in [3.05, 3.63) is 0 Å². The van der Waals surface area contributed by atoms with Crippen LogP contribution in [0.1, 0.15) is 21.2 Å². The van der Waals surface area contributed by atoms with Crippen molar-refractivity contribution in [2.24, 2.45) is 0 Å². The Morgan fingerprint density at radius 1 is 1.64 bits per heavy atom. The topological polar surface area (TPSA) is 26.3 Å². The smallest absolute Gasteiger partial charge is 1.00 e. The van der Waals surface area contributed by atoms with Crippen LogP contribution in [0.5, 0.6) is 0 Å². The van der Waals surface area contributed by atoms with Crippen LogP contribution in [0.2, 0.25) is 0 Å². The third-order valence-electron chi connectivity index (χ3n) is 1.26. The standard InChI is InChI=1S/C5H13O2P3.K.H/c1-2-5(8,9)3-4(6)7-10;;/h2-3,8-10H2,1H3;;/q;+1;-1. The van der Waals surface area contributed by atoms with Crippen LogP contribution in [-0.4, -0.2) is 10.9 Å². The molecular formula is C5H14KO2P3. The van der Waals surface area contributed by atoms with Crippen LogP contribution >= 0.6 is 27.9 Å². The average Bonchev–Trinajstić information content (AvgIpc) is 1.87. The first-order valence-electron chi connectivity index (χ1n) is 2.99. The minimum absolute atomic E-state index is 0. The Kier molecular flexibility index (Phi) is 11.2. The van der Waals surface area contributed by atoms with Crippen molar-refractivity contribution in [1.29, 1.82) is 0 Å². The first-order valence-corrected chi connectivity index (χ1v) is 4.62. The predicted octanol–water partition coefficient (Wildman–Crippen LogP) is -1.32. The van der Waals surface area contributed by atoms with E-state index in [1.165, 1.54) is 0 Å². The van der Waals surface area contributed by atoms with Crippen molar-refractivity contribution in [3.8, 4) is 0 Å². The van der Waals surface area contributed by atoms with Crippen molar-refractivity contribution < 1.29 is 62.1 Å². The fraction of sp³-hybridized carbons (Fsp3) is 0.800. The van der Waals surface area contributed by atoms with Gasteiger partial charge in [0.05, 0.1) is 15.9 Å². The van der Waals surface area contributed by atoms with E-state index in [1.807, 2.05) is 16.4 Å². The van der Waals surface area contributed by atoms with Gasteiger partial charge in [-0.1, -0.05) is 6.92 Å². The van der Waals surface area contributed by atoms with Crippen molar-refractivity contribution in [2.75, 3.05) is 0 Å². The molecule has 0 bridgehead atoms. The molecule has 0 aliphatic rings. The normalized spacial score (nSPS) is 10.2. The molecule has 0 N–H and O–H groups in total. The van der Waals surface area contributed by atoms with Gasteiger partial charge in [0.2, 0.25) is 0 Å². The molecule has 0 aliphatic heterocycles. The molecular weight excluding hydrogens is 224 g/mol. The fourth-order valence-corrected chi connectivity index (χ4v) is 0.852. The van der Waals surface area contributed by atoms with Crippen LogP contribution in [0.15, 0.2) is 0 Å². The molecule has 0 fully saturated rings. The third-order valence-corrected chi connectivity index (χ3v) is 2.75. The average molecular weight is 238 g/mol. The number of hydrogen-bond acceptors (Lipinski definition) is 2. The van der Waals surface area contributed by atoms with Crippen molar-refractivity contribution >= 4 is 33.9 Å². The maximum Gasteiger partial charge on any atom is 1.00 e. The van der Waals surface area contributed by atoms with Crippen LogP contribution in [0.25, 0.3) is 0 Å². The summed E-state index contributed by atoms with van der Waals surface area (Å²) < 4.78 is 4.44. The van der Waals surface area contributed by atoms with Crippen LogP contribution in [-0.2, 0) is 9.32 Å². The van der Waals surface area contributed by atoms with E-state index in [-0.39, 0.29) is 63.7 Å². The largest absolute Gasteiger partial charge is 1.00 e. The molecule has 0 saturated carbocycles. The summed E-state index contributed by atoms with van der Waals surface area (Å²) in [6.45, 7) is 2.02. The van der Waals surface area contributed by atoms with Gasteiger partial charge in [0, 0.05) is 4.90 Å². The van der Waals surface area contributed by atoms with Crippen molar-refractivity contribution in [2.45, 2.75) is 24.7 Å². The van der Waals surface area contributed by atoms with Crippen LogP contribution < -0.4 is 51.4 Å². The van der Waals surface area contributed by atoms with E-state index in [4.69, 9.17) is 0 Å². The van der Waals surface area contributed by atoms with E-state index in [1.54, 1.807) is 0 Å². The summed E-state index contributed by atoms with van der Waals surface area (Å²) >= 11 is 0. The van der Waals surface area contributed by atoms with Crippen molar-refractivity contribution in [3.63, 3.8) is 0 Å². The van der Waals surface area contributed by atoms with Gasteiger partial charge in [-0.25, -0.2) is 0 Å². The molecule has 0 aliphatic carbocycles. The molecule has 0 heterocycles. The Morgan fingerprint density at radius 3 is 2.36 bits per heavy atom. The maximum absolute atomic E-state index is 10.7. The number of carbonyl (C=O) groups is 1. The molecule has 11 heavy (non-hydrogen) atoms. The Labute approximate surface area is 119 Å². The molecule has 0 spiro atoms. The summed E-state index contributed by atoms with van der Waals surface area (Å²) in [6, 6.07) is 0. The number of carbonyl (C=O) groups excluding carboxylic acids is 1. The molecule has 2 nitrogen and oxygen atoms in total. The molecule has 3 unspecified atom stereocenters. The fourth-order valence-electron chi connectivity index (χ4n) is 0.435. The van der Waals surface area contributed by atoms with Gasteiger partial charge in [-0.05, 0) is 6.42 Å². The van der Waals surface area contributed by atoms with Crippen LogP contribution in [0.3, 0.4) is 0 Å². The summed E-state index contributed by atoms with van der Waals surface area (Å²) in [6.07, 6.45) is 1.34. The second kappa shape index (κ2) is 7.77. The summed E-state index contributed by atoms with van der Waals surface area (Å²) in [5.74, 6) is -0.197. The third kappa shape index (κ3) is 8.72. The monoisotopic (exact) mass is 238 g/mol. The summed E-state index contributed by atoms with van der Waals surface area (Å²) in [4.78, 5) is 10.6. The second-order valence-corrected chi connectivity index (χ2v) is 5.46. The molecule has 0 amide bonds. The van der Waals surface area contributed by atoms with Gasteiger partial charge in [-0.15, -0.1) is 18.5 Å². The van der Waals surface area contributed by atoms with Gasteiger partial charge in [0.1, 0.15) is 0 Å². The van der Waals surface area contributed by atoms with Gasteiger partial charge in [-0.2, -0.15) is 0 Å². The van der Waals surface area contributed by atoms with E-state index in [0.29, 0.717) is 6.42 Å². The van der Waals surface area contributed by atoms with E-state index < -0.39 is 0 Å².